The molecule has 2 aromatic heterocycles. The summed E-state index contributed by atoms with van der Waals surface area (Å²) in [5, 5.41) is 64.7. The second-order valence-electron chi connectivity index (χ2n) is 31.1. The first-order valence-corrected chi connectivity index (χ1v) is 38.4. The Balaban J connectivity index is 0.000000149. The standard InChI is InChI=1S/C33H52NO6P.C25H44O3.C14H13N2O6P/c1-5-24-28-20-23(35)8-14-33(28,4)27-9-15-32(3)25(6-7-26(32)30(27)31(24)36)21(2)12-18-38-41(37)39-19-13-29(40-41)22-10-16-34-17-11-22;1-5-17-21-14-16(27)8-11-25(21,4)20-9-12-24(3)18(15(2)10-13-26)6-7-19(24)22(20)23(17)28;17-16(18)12-1-3-13(4-2-12)21-23(19)20-10-7-14(22-23)11-5-8-15-9-6-11/h10-11,16-17,21,23-31,35-36H,5-9,12-15,18-20H2,1-4H3;15-23,26-28H,5-14H2,1-4H3;1-6,8-9,14H,7,10H2/t21-,23-,24-,25-,26?,27?,28?,29+,30?,31-,32-,33-,41+;15-,16-,17-,18-,19?,20?,21?,22?,23-,24-,25-;14-,23-/m110/s1. The third-order valence-corrected chi connectivity index (χ3v) is 29.9. The molecule has 13 rings (SSSR count). The van der Waals surface area contributed by atoms with E-state index in [4.69, 9.17) is 27.1 Å². The van der Waals surface area contributed by atoms with Crippen LogP contribution in [0, 0.1) is 115 Å². The Morgan fingerprint density at radius 3 is 1.45 bits per heavy atom. The molecule has 2 aliphatic heterocycles. The SMILES string of the molecule is CC[C@@H]1C2C[C@H](O)CC[C@]2(C)C2CC[C@@]3(C)C(CC[C@@H]3[C@H](C)CCO)C2[C@@H]1O.CC[C@@H]1C2C[C@H](O)CC[C@]2(C)C2CC[C@@]3(C)C(CC[C@@H]3[C@H](C)CCO[P@@]3(=O)OCC[C@@H](c4ccncc4)O3)C2[C@@H]1O.O=[N+]([O-])c1ccc(O[P@]2(=O)OCC[C@@H](c3ccncc3)O2)cc1. The molecule has 512 valence electrons. The maximum atomic E-state index is 13.3. The van der Waals surface area contributed by atoms with Gasteiger partial charge in [-0.15, -0.1) is 0 Å². The Morgan fingerprint density at radius 1 is 0.576 bits per heavy atom. The summed E-state index contributed by atoms with van der Waals surface area (Å²) in [5.74, 6) is 7.08. The van der Waals surface area contributed by atoms with Gasteiger partial charge in [-0.3, -0.25) is 42.7 Å². The number of hydrogen-bond acceptors (Lipinski definition) is 17. The van der Waals surface area contributed by atoms with Crippen LogP contribution in [0.3, 0.4) is 0 Å². The van der Waals surface area contributed by atoms with Gasteiger partial charge in [0, 0.05) is 56.4 Å². The van der Waals surface area contributed by atoms with Crippen LogP contribution in [0.25, 0.3) is 0 Å². The molecule has 0 radical (unpaired) electrons. The van der Waals surface area contributed by atoms with Crippen molar-refractivity contribution in [3.8, 4) is 5.75 Å². The summed E-state index contributed by atoms with van der Waals surface area (Å²) in [4.78, 5) is 18.1. The van der Waals surface area contributed by atoms with Gasteiger partial charge in [-0.2, -0.15) is 0 Å². The molecule has 10 fully saturated rings. The summed E-state index contributed by atoms with van der Waals surface area (Å²) in [5.41, 5.74) is 2.73. The van der Waals surface area contributed by atoms with Crippen LogP contribution < -0.4 is 4.52 Å². The molecule has 1 aromatic carbocycles. The number of phosphoric ester groups is 2. The highest BCUT2D eigenvalue weighted by Crippen LogP contribution is 2.72. The van der Waals surface area contributed by atoms with Gasteiger partial charge in [0.25, 0.3) is 5.69 Å². The normalized spacial score (nSPS) is 44.3. The van der Waals surface area contributed by atoms with Gasteiger partial charge in [-0.25, -0.2) is 9.13 Å². The monoisotopic (exact) mass is 1320 g/mol. The zero-order valence-electron chi connectivity index (χ0n) is 56.0. The topological polar surface area (TPSA) is 260 Å². The largest absolute Gasteiger partial charge is 0.530 e. The van der Waals surface area contributed by atoms with Crippen molar-refractivity contribution in [2.24, 2.45) is 105 Å². The fourth-order valence-corrected chi connectivity index (χ4v) is 25.1. The number of nitro groups is 1. The summed E-state index contributed by atoms with van der Waals surface area (Å²) < 4.78 is 59.1. The van der Waals surface area contributed by atoms with Crippen LogP contribution in [-0.4, -0.2) is 91.3 Å². The second kappa shape index (κ2) is 28.7. The van der Waals surface area contributed by atoms with Crippen LogP contribution in [0.5, 0.6) is 5.75 Å². The molecular weight excluding hydrogens is 1210 g/mol. The zero-order chi connectivity index (χ0) is 65.5. The van der Waals surface area contributed by atoms with Gasteiger partial charge in [-0.1, -0.05) is 68.2 Å². The number of benzene rings is 1. The number of aromatic nitrogens is 2. The van der Waals surface area contributed by atoms with Gasteiger partial charge in [0.15, 0.2) is 0 Å². The third-order valence-electron chi connectivity index (χ3n) is 26.9. The van der Waals surface area contributed by atoms with Gasteiger partial charge in [0.1, 0.15) is 5.75 Å². The smallest absolute Gasteiger partial charge is 0.404 e. The number of nitrogens with zero attached hydrogens (tertiary/aromatic N) is 3. The van der Waals surface area contributed by atoms with E-state index >= 15 is 0 Å². The van der Waals surface area contributed by atoms with Gasteiger partial charge in [0.2, 0.25) is 0 Å². The van der Waals surface area contributed by atoms with Gasteiger partial charge < -0.3 is 30.1 Å². The molecule has 0 spiro atoms. The number of fused-ring (bicyclic) bond motifs is 10. The van der Waals surface area contributed by atoms with Crippen molar-refractivity contribution in [3.05, 3.63) is 94.6 Å². The first-order chi connectivity index (χ1) is 43.9. The van der Waals surface area contributed by atoms with Gasteiger partial charge in [0.05, 0.1) is 61.4 Å². The lowest BCUT2D eigenvalue weighted by Crippen LogP contribution is -2.62. The van der Waals surface area contributed by atoms with Crippen LogP contribution in [0.15, 0.2) is 73.3 Å². The van der Waals surface area contributed by atoms with E-state index in [2.05, 4.69) is 65.4 Å². The van der Waals surface area contributed by atoms with E-state index in [0.717, 1.165) is 75.3 Å². The molecule has 20 heteroatoms. The Hall–Kier alpha value is -3.22. The molecule has 8 aliphatic carbocycles. The highest BCUT2D eigenvalue weighted by Gasteiger charge is 2.67. The predicted molar refractivity (Wildman–Crippen MR) is 350 cm³/mol. The minimum absolute atomic E-state index is 0.0872. The fourth-order valence-electron chi connectivity index (χ4n) is 22.3. The lowest BCUT2D eigenvalue weighted by Gasteiger charge is -2.64. The summed E-state index contributed by atoms with van der Waals surface area (Å²) in [6.45, 7) is 20.4. The number of pyridine rings is 2. The molecule has 2 saturated heterocycles. The highest BCUT2D eigenvalue weighted by atomic mass is 31.2. The van der Waals surface area contributed by atoms with Crippen LogP contribution in [-0.2, 0) is 31.7 Å². The molecule has 26 atom stereocenters. The maximum Gasteiger partial charge on any atom is 0.530 e. The molecule has 10 aliphatic rings. The lowest BCUT2D eigenvalue weighted by atomic mass is 9.41. The van der Waals surface area contributed by atoms with Crippen LogP contribution >= 0.6 is 15.6 Å². The van der Waals surface area contributed by atoms with Crippen molar-refractivity contribution in [2.45, 2.75) is 220 Å². The molecular formula is C72H109N3O15P2. The van der Waals surface area contributed by atoms with E-state index in [-0.39, 0.29) is 65.3 Å². The number of aliphatic hydroxyl groups excluding tert-OH is 5. The van der Waals surface area contributed by atoms with E-state index in [1.54, 1.807) is 36.9 Å². The molecule has 18 nitrogen and oxygen atoms in total. The van der Waals surface area contributed by atoms with Crippen molar-refractivity contribution in [1.29, 1.82) is 0 Å². The Morgan fingerprint density at radius 2 is 1.00 bits per heavy atom. The Labute approximate surface area is 547 Å². The van der Waals surface area contributed by atoms with E-state index in [1.807, 2.05) is 12.1 Å². The van der Waals surface area contributed by atoms with E-state index in [9.17, 15) is 44.8 Å². The molecule has 3 aromatic rings. The second-order valence-corrected chi connectivity index (χ2v) is 34.2. The summed E-state index contributed by atoms with van der Waals surface area (Å²) in [6, 6.07) is 12.5. The number of non-ortho nitro benzene ring substituents is 1. The molecule has 8 unspecified atom stereocenters. The lowest BCUT2D eigenvalue weighted by molar-refractivity contribution is -0.384. The molecule has 8 saturated carbocycles. The van der Waals surface area contributed by atoms with Crippen LogP contribution in [0.1, 0.15) is 207 Å². The molecule has 4 heterocycles. The number of hydrogen-bond donors (Lipinski definition) is 5. The van der Waals surface area contributed by atoms with Crippen molar-refractivity contribution in [1.82, 2.24) is 9.97 Å². The quantitative estimate of drug-likeness (QED) is 0.0538. The van der Waals surface area contributed by atoms with Crippen molar-refractivity contribution in [3.63, 3.8) is 0 Å². The first kappa shape index (κ1) is 70.1. The molecule has 0 amide bonds. The summed E-state index contributed by atoms with van der Waals surface area (Å²) >= 11 is 0. The Kier molecular flexibility index (Phi) is 21.9. The maximum absolute atomic E-state index is 13.3. The van der Waals surface area contributed by atoms with Crippen molar-refractivity contribution >= 4 is 21.3 Å². The third kappa shape index (κ3) is 13.7. The minimum atomic E-state index is -3.79. The average molecular weight is 1320 g/mol. The van der Waals surface area contributed by atoms with Crippen molar-refractivity contribution < 1.29 is 66.7 Å². The molecule has 0 bridgehead atoms. The molecule has 5 N–H and O–H groups in total. The van der Waals surface area contributed by atoms with Crippen LogP contribution in [0.4, 0.5) is 5.69 Å². The van der Waals surface area contributed by atoms with Crippen LogP contribution in [0.2, 0.25) is 0 Å². The summed E-state index contributed by atoms with van der Waals surface area (Å²) in [6.07, 6.45) is 25.7. The average Bonchev–Trinajstić information content (AvgIpc) is 1.22. The highest BCUT2D eigenvalue weighted by molar-refractivity contribution is 7.49. The number of phosphoric acid groups is 2. The van der Waals surface area contributed by atoms with Gasteiger partial charge >= 0.3 is 15.6 Å². The first-order valence-electron chi connectivity index (χ1n) is 35.5. The Bertz CT molecular complexity index is 3030. The minimum Gasteiger partial charge on any atom is -0.404 e. The van der Waals surface area contributed by atoms with Crippen molar-refractivity contribution in [2.75, 3.05) is 26.4 Å². The number of aliphatic hydroxyl groups is 5. The van der Waals surface area contributed by atoms with E-state index in [1.165, 1.54) is 75.6 Å². The zero-order valence-corrected chi connectivity index (χ0v) is 57.8. The number of rotatable bonds is 15. The van der Waals surface area contributed by atoms with E-state index in [0.29, 0.717) is 120 Å². The van der Waals surface area contributed by atoms with Gasteiger partial charge in [-0.05, 0) is 255 Å². The number of nitro benzene ring substituents is 1. The predicted octanol–water partition coefficient (Wildman–Crippen LogP) is 15.6. The van der Waals surface area contributed by atoms with E-state index < -0.39 is 26.7 Å². The summed E-state index contributed by atoms with van der Waals surface area (Å²) in [7, 11) is -7.39. The molecule has 92 heavy (non-hydrogen) atoms. The fraction of sp³-hybridized carbons (Fsp3) is 0.778.